The maximum absolute atomic E-state index is 6.05. The van der Waals surface area contributed by atoms with E-state index in [0.29, 0.717) is 0 Å². The van der Waals surface area contributed by atoms with E-state index in [1.165, 1.54) is 12.8 Å². The number of hydrogen-bond acceptors (Lipinski definition) is 2. The summed E-state index contributed by atoms with van der Waals surface area (Å²) in [4.78, 5) is 0. The van der Waals surface area contributed by atoms with Gasteiger partial charge < -0.3 is 10.1 Å². The van der Waals surface area contributed by atoms with Crippen LogP contribution in [0.2, 0.25) is 5.02 Å². The minimum Gasteiger partial charge on any atom is -0.486 e. The molecule has 1 aromatic rings. The van der Waals surface area contributed by atoms with Crippen LogP contribution in [-0.2, 0) is 6.54 Å². The van der Waals surface area contributed by atoms with E-state index >= 15 is 0 Å². The summed E-state index contributed by atoms with van der Waals surface area (Å²) >= 11 is 6.04. The first-order valence-corrected chi connectivity index (χ1v) is 7.00. The Morgan fingerprint density at radius 2 is 2.33 bits per heavy atom. The lowest BCUT2D eigenvalue weighted by atomic mass is 10.1. The van der Waals surface area contributed by atoms with Crippen LogP contribution < -0.4 is 10.1 Å². The van der Waals surface area contributed by atoms with Crippen LogP contribution in [0.25, 0.3) is 0 Å². The molecule has 0 aromatic heterocycles. The highest BCUT2D eigenvalue weighted by atomic mass is 35.5. The van der Waals surface area contributed by atoms with Gasteiger partial charge in [-0.2, -0.15) is 0 Å². The molecule has 1 aliphatic rings. The minimum absolute atomic E-state index is 0.209. The molecule has 0 saturated heterocycles. The van der Waals surface area contributed by atoms with E-state index in [1.54, 1.807) is 0 Å². The molecule has 0 fully saturated rings. The number of hydrogen-bond donors (Lipinski definition) is 1. The molecule has 98 valence electrons. The van der Waals surface area contributed by atoms with Gasteiger partial charge in [0.1, 0.15) is 11.9 Å². The Hall–Kier alpha value is -0.990. The van der Waals surface area contributed by atoms with Crippen molar-refractivity contribution in [1.29, 1.82) is 0 Å². The lowest BCUT2D eigenvalue weighted by Gasteiger charge is -2.20. The van der Waals surface area contributed by atoms with Gasteiger partial charge in [-0.3, -0.25) is 0 Å². The van der Waals surface area contributed by atoms with Crippen molar-refractivity contribution < 1.29 is 4.74 Å². The summed E-state index contributed by atoms with van der Waals surface area (Å²) in [5.41, 5.74) is 1.13. The van der Waals surface area contributed by atoms with Gasteiger partial charge in [-0.25, -0.2) is 0 Å². The van der Waals surface area contributed by atoms with E-state index in [-0.39, 0.29) is 6.10 Å². The van der Waals surface area contributed by atoms with Crippen LogP contribution in [0.1, 0.15) is 31.7 Å². The second-order valence-corrected chi connectivity index (χ2v) is 4.98. The highest BCUT2D eigenvalue weighted by molar-refractivity contribution is 6.30. The van der Waals surface area contributed by atoms with Crippen molar-refractivity contribution >= 4 is 11.6 Å². The van der Waals surface area contributed by atoms with Crippen LogP contribution >= 0.6 is 11.6 Å². The molecule has 0 aliphatic heterocycles. The summed E-state index contributed by atoms with van der Waals surface area (Å²) in [7, 11) is 0. The minimum atomic E-state index is 0.209. The van der Waals surface area contributed by atoms with Crippen molar-refractivity contribution in [3.63, 3.8) is 0 Å². The van der Waals surface area contributed by atoms with Crippen molar-refractivity contribution in [2.24, 2.45) is 0 Å². The Kier molecular flexibility index (Phi) is 5.09. The fourth-order valence-electron chi connectivity index (χ4n) is 2.10. The highest BCUT2D eigenvalue weighted by Crippen LogP contribution is 2.26. The molecule has 3 heteroatoms. The van der Waals surface area contributed by atoms with Gasteiger partial charge in [0.25, 0.3) is 0 Å². The quantitative estimate of drug-likeness (QED) is 0.815. The maximum atomic E-state index is 6.05. The van der Waals surface area contributed by atoms with Gasteiger partial charge in [-0.1, -0.05) is 24.6 Å². The molecular weight excluding hydrogens is 246 g/mol. The SMILES string of the molecule is CCNCc1cc(Cl)ccc1OC1C=CCCC1. The zero-order valence-electron chi connectivity index (χ0n) is 10.8. The lowest BCUT2D eigenvalue weighted by Crippen LogP contribution is -2.18. The predicted octanol–water partition coefficient (Wildman–Crippen LogP) is 3.94. The van der Waals surface area contributed by atoms with Gasteiger partial charge in [0.15, 0.2) is 0 Å². The number of benzene rings is 1. The molecule has 0 heterocycles. The molecule has 1 atom stereocenters. The Morgan fingerprint density at radius 1 is 1.44 bits per heavy atom. The predicted molar refractivity (Wildman–Crippen MR) is 76.2 cm³/mol. The van der Waals surface area contributed by atoms with Gasteiger partial charge in [0, 0.05) is 17.1 Å². The van der Waals surface area contributed by atoms with Crippen molar-refractivity contribution in [3.8, 4) is 5.75 Å². The molecule has 0 bridgehead atoms. The van der Waals surface area contributed by atoms with E-state index in [2.05, 4.69) is 24.4 Å². The number of ether oxygens (including phenoxy) is 1. The maximum Gasteiger partial charge on any atom is 0.124 e. The van der Waals surface area contributed by atoms with Crippen LogP contribution in [0, 0.1) is 0 Å². The third-order valence-electron chi connectivity index (χ3n) is 3.08. The average molecular weight is 266 g/mol. The first-order chi connectivity index (χ1) is 8.79. The van der Waals surface area contributed by atoms with Gasteiger partial charge in [0.2, 0.25) is 0 Å². The lowest BCUT2D eigenvalue weighted by molar-refractivity contribution is 0.227. The summed E-state index contributed by atoms with van der Waals surface area (Å²) in [6.45, 7) is 3.83. The summed E-state index contributed by atoms with van der Waals surface area (Å²) in [5, 5.41) is 4.07. The number of rotatable bonds is 5. The highest BCUT2D eigenvalue weighted by Gasteiger charge is 2.12. The topological polar surface area (TPSA) is 21.3 Å². The standard InChI is InChI=1S/C15H20ClNO/c1-2-17-11-12-10-13(16)8-9-15(12)18-14-6-4-3-5-7-14/h4,6,8-10,14,17H,2-3,5,7,11H2,1H3. The summed E-state index contributed by atoms with van der Waals surface area (Å²) in [6.07, 6.45) is 8.05. The molecule has 1 aliphatic carbocycles. The Balaban J connectivity index is 2.09. The summed E-state index contributed by atoms with van der Waals surface area (Å²) < 4.78 is 6.05. The van der Waals surface area contributed by atoms with E-state index < -0.39 is 0 Å². The number of nitrogens with one attached hydrogen (secondary N) is 1. The van der Waals surface area contributed by atoms with E-state index in [4.69, 9.17) is 16.3 Å². The molecule has 0 saturated carbocycles. The van der Waals surface area contributed by atoms with Crippen molar-refractivity contribution in [2.45, 2.75) is 38.8 Å². The molecule has 0 amide bonds. The first-order valence-electron chi connectivity index (χ1n) is 6.62. The molecule has 1 N–H and O–H groups in total. The monoisotopic (exact) mass is 265 g/mol. The first kappa shape index (κ1) is 13.4. The van der Waals surface area contributed by atoms with Crippen LogP contribution in [0.4, 0.5) is 0 Å². The molecule has 2 rings (SSSR count). The Bertz CT molecular complexity index is 417. The molecule has 2 nitrogen and oxygen atoms in total. The van der Waals surface area contributed by atoms with Crippen LogP contribution in [0.3, 0.4) is 0 Å². The average Bonchev–Trinajstić information content (AvgIpc) is 2.40. The normalized spacial score (nSPS) is 18.9. The molecule has 1 aromatic carbocycles. The number of halogens is 1. The van der Waals surface area contributed by atoms with Crippen molar-refractivity contribution in [2.75, 3.05) is 6.54 Å². The third kappa shape index (κ3) is 3.76. The van der Waals surface area contributed by atoms with Crippen LogP contribution in [0.5, 0.6) is 5.75 Å². The number of allylic oxidation sites excluding steroid dienone is 1. The second kappa shape index (κ2) is 6.81. The van der Waals surface area contributed by atoms with E-state index in [9.17, 15) is 0 Å². The molecule has 0 spiro atoms. The van der Waals surface area contributed by atoms with Crippen molar-refractivity contribution in [1.82, 2.24) is 5.32 Å². The second-order valence-electron chi connectivity index (χ2n) is 4.55. The Labute approximate surface area is 114 Å². The zero-order valence-corrected chi connectivity index (χ0v) is 11.5. The van der Waals surface area contributed by atoms with E-state index in [0.717, 1.165) is 35.8 Å². The summed E-state index contributed by atoms with van der Waals surface area (Å²) in [6, 6.07) is 5.84. The molecule has 1 unspecified atom stereocenters. The fraction of sp³-hybridized carbons (Fsp3) is 0.467. The third-order valence-corrected chi connectivity index (χ3v) is 3.31. The van der Waals surface area contributed by atoms with Gasteiger partial charge >= 0.3 is 0 Å². The smallest absolute Gasteiger partial charge is 0.124 e. The van der Waals surface area contributed by atoms with Gasteiger partial charge in [-0.05, 0) is 50.1 Å². The fourth-order valence-corrected chi connectivity index (χ4v) is 2.30. The van der Waals surface area contributed by atoms with Crippen LogP contribution in [-0.4, -0.2) is 12.6 Å². The van der Waals surface area contributed by atoms with Crippen molar-refractivity contribution in [3.05, 3.63) is 40.9 Å². The largest absolute Gasteiger partial charge is 0.486 e. The van der Waals surface area contributed by atoms with Gasteiger partial charge in [-0.15, -0.1) is 0 Å². The Morgan fingerprint density at radius 3 is 3.06 bits per heavy atom. The molecule has 0 radical (unpaired) electrons. The van der Waals surface area contributed by atoms with Gasteiger partial charge in [0.05, 0.1) is 0 Å². The van der Waals surface area contributed by atoms with E-state index in [1.807, 2.05) is 18.2 Å². The molecular formula is C15H20ClNO. The molecule has 18 heavy (non-hydrogen) atoms. The zero-order chi connectivity index (χ0) is 12.8. The van der Waals surface area contributed by atoms with Crippen LogP contribution in [0.15, 0.2) is 30.4 Å². The summed E-state index contributed by atoms with van der Waals surface area (Å²) in [5.74, 6) is 0.942.